The van der Waals surface area contributed by atoms with Crippen molar-refractivity contribution in [3.63, 3.8) is 0 Å². The second-order valence-corrected chi connectivity index (χ2v) is 10.1. The number of rotatable bonds is 3. The third-order valence-electron chi connectivity index (χ3n) is 7.96. The van der Waals surface area contributed by atoms with Crippen LogP contribution in [-0.2, 0) is 0 Å². The van der Waals surface area contributed by atoms with Gasteiger partial charge in [0.15, 0.2) is 0 Å². The zero-order valence-corrected chi connectivity index (χ0v) is 21.6. The molecule has 3 nitrogen and oxygen atoms in total. The van der Waals surface area contributed by atoms with E-state index < -0.39 is 0 Å². The third-order valence-corrected chi connectivity index (χ3v) is 7.96. The number of aromatic nitrogens is 2. The molecule has 0 unspecified atom stereocenters. The van der Waals surface area contributed by atoms with Crippen LogP contribution in [-0.4, -0.2) is 9.13 Å². The van der Waals surface area contributed by atoms with Crippen LogP contribution in [0.2, 0.25) is 0 Å². The second-order valence-electron chi connectivity index (χ2n) is 10.1. The lowest BCUT2D eigenvalue weighted by atomic mass is 10.00. The summed E-state index contributed by atoms with van der Waals surface area (Å²) in [5, 5.41) is 14.7. The second kappa shape index (κ2) is 8.73. The lowest BCUT2D eigenvalue weighted by molar-refractivity contribution is 1.15. The molecule has 0 saturated heterocycles. The summed E-state index contributed by atoms with van der Waals surface area (Å²) >= 11 is 0. The Balaban J connectivity index is 1.42. The van der Waals surface area contributed by atoms with Crippen LogP contribution < -0.4 is 0 Å². The molecule has 6 aromatic carbocycles. The number of hydrogen-bond acceptors (Lipinski definition) is 1. The van der Waals surface area contributed by atoms with Gasteiger partial charge in [-0.25, -0.2) is 0 Å². The van der Waals surface area contributed by atoms with E-state index in [0.29, 0.717) is 5.56 Å². The van der Waals surface area contributed by atoms with Crippen molar-refractivity contribution in [3.05, 3.63) is 145 Å². The number of fused-ring (bicyclic) bond motifs is 6. The van der Waals surface area contributed by atoms with Gasteiger partial charge in [-0.15, -0.1) is 0 Å². The van der Waals surface area contributed by atoms with Crippen LogP contribution in [0.5, 0.6) is 0 Å². The predicted octanol–water partition coefficient (Wildman–Crippen LogP) is 9.42. The summed E-state index contributed by atoms with van der Waals surface area (Å²) in [5.41, 5.74) is 9.53. The topological polar surface area (TPSA) is 33.6 Å². The Hall–Kier alpha value is -5.59. The summed E-state index contributed by atoms with van der Waals surface area (Å²) in [5.74, 6) is 0. The van der Waals surface area contributed by atoms with Gasteiger partial charge >= 0.3 is 0 Å². The van der Waals surface area contributed by atoms with E-state index in [1.807, 2.05) is 24.3 Å². The molecule has 186 valence electrons. The summed E-state index contributed by atoms with van der Waals surface area (Å²) in [6.45, 7) is 0. The van der Waals surface area contributed by atoms with Gasteiger partial charge in [0.2, 0.25) is 0 Å². The fourth-order valence-corrected chi connectivity index (χ4v) is 6.22. The van der Waals surface area contributed by atoms with Gasteiger partial charge in [0.05, 0.1) is 33.7 Å². The highest BCUT2D eigenvalue weighted by Gasteiger charge is 2.16. The van der Waals surface area contributed by atoms with Crippen molar-refractivity contribution < 1.29 is 0 Å². The minimum absolute atomic E-state index is 0.676. The molecule has 2 aromatic heterocycles. The summed E-state index contributed by atoms with van der Waals surface area (Å²) in [7, 11) is 0. The SMILES string of the molecule is N#Cc1ccccc1-c1cccc(-n2c3ccccc3c3ccc(-n4c5ccccc5c5ccccc54)cc32)c1. The van der Waals surface area contributed by atoms with Crippen LogP contribution in [0.25, 0.3) is 66.1 Å². The summed E-state index contributed by atoms with van der Waals surface area (Å²) < 4.78 is 4.71. The molecule has 0 aliphatic rings. The third kappa shape index (κ3) is 3.24. The monoisotopic (exact) mass is 509 g/mol. The molecular weight excluding hydrogens is 486 g/mol. The largest absolute Gasteiger partial charge is 0.309 e. The average molecular weight is 510 g/mol. The van der Waals surface area contributed by atoms with Gasteiger partial charge in [0.25, 0.3) is 0 Å². The predicted molar refractivity (Wildman–Crippen MR) is 165 cm³/mol. The first-order chi connectivity index (χ1) is 19.8. The summed E-state index contributed by atoms with van der Waals surface area (Å²) in [6, 6.07) is 51.3. The van der Waals surface area contributed by atoms with E-state index in [-0.39, 0.29) is 0 Å². The Morgan fingerprint density at radius 1 is 0.425 bits per heavy atom. The number of nitrogens with zero attached hydrogens (tertiary/aromatic N) is 3. The fraction of sp³-hybridized carbons (Fsp3) is 0. The molecule has 40 heavy (non-hydrogen) atoms. The first-order valence-corrected chi connectivity index (χ1v) is 13.4. The number of benzene rings is 6. The van der Waals surface area contributed by atoms with Crippen molar-refractivity contribution in [2.75, 3.05) is 0 Å². The van der Waals surface area contributed by atoms with E-state index in [1.165, 1.54) is 32.6 Å². The van der Waals surface area contributed by atoms with Gasteiger partial charge in [-0.3, -0.25) is 0 Å². The molecule has 0 aliphatic heterocycles. The van der Waals surface area contributed by atoms with Crippen molar-refractivity contribution in [3.8, 4) is 28.6 Å². The van der Waals surface area contributed by atoms with Crippen LogP contribution in [0, 0.1) is 11.3 Å². The fourth-order valence-electron chi connectivity index (χ4n) is 6.22. The average Bonchev–Trinajstić information content (AvgIpc) is 3.53. The van der Waals surface area contributed by atoms with Crippen molar-refractivity contribution >= 4 is 43.6 Å². The highest BCUT2D eigenvalue weighted by molar-refractivity contribution is 6.12. The van der Waals surface area contributed by atoms with Crippen LogP contribution >= 0.6 is 0 Å². The maximum atomic E-state index is 9.73. The highest BCUT2D eigenvalue weighted by atomic mass is 15.0. The molecule has 0 saturated carbocycles. The van der Waals surface area contributed by atoms with E-state index in [1.54, 1.807) is 0 Å². The molecule has 8 rings (SSSR count). The van der Waals surface area contributed by atoms with Gasteiger partial charge in [-0.2, -0.15) is 5.26 Å². The van der Waals surface area contributed by atoms with Gasteiger partial charge in [0, 0.05) is 32.9 Å². The van der Waals surface area contributed by atoms with Crippen molar-refractivity contribution in [1.29, 1.82) is 5.26 Å². The molecular formula is C37H23N3. The maximum Gasteiger partial charge on any atom is 0.0998 e. The summed E-state index contributed by atoms with van der Waals surface area (Å²) in [6.07, 6.45) is 0. The van der Waals surface area contributed by atoms with Crippen LogP contribution in [0.4, 0.5) is 0 Å². The van der Waals surface area contributed by atoms with Gasteiger partial charge in [0.1, 0.15) is 0 Å². The summed E-state index contributed by atoms with van der Waals surface area (Å²) in [4.78, 5) is 0. The molecule has 8 aromatic rings. The lowest BCUT2D eigenvalue weighted by Crippen LogP contribution is -1.97. The molecule has 0 aliphatic carbocycles. The van der Waals surface area contributed by atoms with Crippen molar-refractivity contribution in [1.82, 2.24) is 9.13 Å². The molecule has 3 heteroatoms. The zero-order valence-electron chi connectivity index (χ0n) is 21.6. The Kier molecular flexibility index (Phi) is 4.89. The first-order valence-electron chi connectivity index (χ1n) is 13.4. The molecule has 0 atom stereocenters. The van der Waals surface area contributed by atoms with E-state index in [4.69, 9.17) is 0 Å². The Morgan fingerprint density at radius 3 is 1.60 bits per heavy atom. The van der Waals surface area contributed by atoms with Crippen LogP contribution in [0.15, 0.2) is 140 Å². The van der Waals surface area contributed by atoms with E-state index in [2.05, 4.69) is 130 Å². The number of para-hydroxylation sites is 3. The normalized spacial score (nSPS) is 11.5. The molecule has 0 fully saturated rings. The molecule has 0 spiro atoms. The zero-order chi connectivity index (χ0) is 26.6. The van der Waals surface area contributed by atoms with Gasteiger partial charge in [-0.1, -0.05) is 91.0 Å². The van der Waals surface area contributed by atoms with E-state index in [9.17, 15) is 5.26 Å². The molecule has 0 radical (unpaired) electrons. The first kappa shape index (κ1) is 22.4. The smallest absolute Gasteiger partial charge is 0.0998 e. The number of nitriles is 1. The minimum Gasteiger partial charge on any atom is -0.309 e. The van der Waals surface area contributed by atoms with Crippen LogP contribution in [0.1, 0.15) is 5.56 Å². The molecule has 2 heterocycles. The Morgan fingerprint density at radius 2 is 0.950 bits per heavy atom. The lowest BCUT2D eigenvalue weighted by Gasteiger charge is -2.13. The molecule has 0 amide bonds. The minimum atomic E-state index is 0.676. The van der Waals surface area contributed by atoms with Crippen molar-refractivity contribution in [2.24, 2.45) is 0 Å². The highest BCUT2D eigenvalue weighted by Crippen LogP contribution is 2.37. The number of hydrogen-bond donors (Lipinski definition) is 0. The molecule has 0 bridgehead atoms. The quantitative estimate of drug-likeness (QED) is 0.233. The maximum absolute atomic E-state index is 9.73. The van der Waals surface area contributed by atoms with Crippen molar-refractivity contribution in [2.45, 2.75) is 0 Å². The Bertz CT molecular complexity index is 2240. The standard InChI is InChI=1S/C37H23N3/c38-24-26-10-1-2-13-29(26)25-11-9-12-27(22-25)40-36-19-8-5-16-32(36)33-21-20-28(23-37(33)40)39-34-17-6-3-14-30(34)31-15-4-7-18-35(31)39/h1-23H. The van der Waals surface area contributed by atoms with E-state index in [0.717, 1.165) is 33.5 Å². The van der Waals surface area contributed by atoms with E-state index >= 15 is 0 Å². The van der Waals surface area contributed by atoms with Crippen LogP contribution in [0.3, 0.4) is 0 Å². The van der Waals surface area contributed by atoms with Gasteiger partial charge in [-0.05, 0) is 59.7 Å². The van der Waals surface area contributed by atoms with Gasteiger partial charge < -0.3 is 9.13 Å². The molecule has 0 N–H and O–H groups in total. The Labute approximate surface area is 231 Å².